The van der Waals surface area contributed by atoms with Crippen LogP contribution in [-0.2, 0) is 4.79 Å². The van der Waals surface area contributed by atoms with Gasteiger partial charge in [0.15, 0.2) is 0 Å². The van der Waals surface area contributed by atoms with Crippen molar-refractivity contribution in [1.29, 1.82) is 5.26 Å². The highest BCUT2D eigenvalue weighted by Crippen LogP contribution is 2.53. The Hall–Kier alpha value is -2.22. The van der Waals surface area contributed by atoms with E-state index in [1.54, 1.807) is 26.2 Å². The van der Waals surface area contributed by atoms with E-state index in [0.717, 1.165) is 42.7 Å². The summed E-state index contributed by atoms with van der Waals surface area (Å²) >= 11 is 0. The highest BCUT2D eigenvalue weighted by atomic mass is 16.5. The zero-order valence-electron chi connectivity index (χ0n) is 13.8. The van der Waals surface area contributed by atoms with Gasteiger partial charge in [0.05, 0.1) is 20.3 Å². The molecule has 2 aliphatic rings. The summed E-state index contributed by atoms with van der Waals surface area (Å²) in [6.45, 7) is 0. The van der Waals surface area contributed by atoms with E-state index in [-0.39, 0.29) is 17.7 Å². The minimum absolute atomic E-state index is 0.0631. The molecule has 0 heterocycles. The predicted octanol–water partition coefficient (Wildman–Crippen LogP) is 2.71. The summed E-state index contributed by atoms with van der Waals surface area (Å²) in [7, 11) is 5.03. The van der Waals surface area contributed by atoms with Crippen LogP contribution in [-0.4, -0.2) is 37.6 Å². The standard InChI is InChI=1S/C18H22N2O3/c1-20(18(11-19)7-4-8-18)17(21)15-10-13(15)14-9-12(22-2)5-6-16(14)23-3/h5-6,9,13,15H,4,7-8,10H2,1-3H3/t13-,15-/m0/s1. The largest absolute Gasteiger partial charge is 0.497 e. The molecule has 0 unspecified atom stereocenters. The lowest BCUT2D eigenvalue weighted by molar-refractivity contribution is -0.137. The first kappa shape index (κ1) is 15.7. The summed E-state index contributed by atoms with van der Waals surface area (Å²) in [6.07, 6.45) is 3.38. The topological polar surface area (TPSA) is 62.6 Å². The molecule has 3 rings (SSSR count). The molecule has 0 aromatic heterocycles. The number of carbonyl (C=O) groups excluding carboxylic acids is 1. The van der Waals surface area contributed by atoms with Crippen LogP contribution < -0.4 is 9.47 Å². The fourth-order valence-electron chi connectivity index (χ4n) is 3.43. The Kier molecular flexibility index (Phi) is 3.93. The maximum atomic E-state index is 12.7. The Morgan fingerprint density at radius 1 is 1.35 bits per heavy atom. The van der Waals surface area contributed by atoms with Crippen LogP contribution in [0.15, 0.2) is 18.2 Å². The van der Waals surface area contributed by atoms with E-state index in [1.807, 2.05) is 18.2 Å². The summed E-state index contributed by atoms with van der Waals surface area (Å²) in [5.41, 5.74) is 0.432. The molecular weight excluding hydrogens is 292 g/mol. The third kappa shape index (κ3) is 2.52. The Bertz CT molecular complexity index is 661. The molecule has 122 valence electrons. The van der Waals surface area contributed by atoms with Gasteiger partial charge in [-0.15, -0.1) is 0 Å². The van der Waals surface area contributed by atoms with Crippen molar-refractivity contribution in [3.8, 4) is 17.6 Å². The van der Waals surface area contributed by atoms with Crippen LogP contribution in [0.4, 0.5) is 0 Å². The van der Waals surface area contributed by atoms with Gasteiger partial charge in [0.25, 0.3) is 0 Å². The number of benzene rings is 1. The molecule has 1 aromatic carbocycles. The minimum atomic E-state index is -0.581. The monoisotopic (exact) mass is 314 g/mol. The van der Waals surface area contributed by atoms with Gasteiger partial charge in [0.2, 0.25) is 5.91 Å². The SMILES string of the molecule is COc1ccc(OC)c([C@@H]2C[C@@H]2C(=O)N(C)C2(C#N)CCC2)c1. The first-order valence-electron chi connectivity index (χ1n) is 7.97. The Morgan fingerprint density at radius 2 is 2.09 bits per heavy atom. The van der Waals surface area contributed by atoms with Gasteiger partial charge in [0.1, 0.15) is 17.0 Å². The lowest BCUT2D eigenvalue weighted by Crippen LogP contribution is -2.53. The zero-order valence-corrected chi connectivity index (χ0v) is 13.8. The highest BCUT2D eigenvalue weighted by molar-refractivity contribution is 5.84. The third-order valence-corrected chi connectivity index (χ3v) is 5.31. The van der Waals surface area contributed by atoms with Crippen molar-refractivity contribution in [2.75, 3.05) is 21.3 Å². The molecule has 2 fully saturated rings. The first-order valence-corrected chi connectivity index (χ1v) is 7.97. The molecule has 0 spiro atoms. The van der Waals surface area contributed by atoms with Gasteiger partial charge >= 0.3 is 0 Å². The molecule has 2 saturated carbocycles. The summed E-state index contributed by atoms with van der Waals surface area (Å²) in [4.78, 5) is 14.4. The van der Waals surface area contributed by atoms with E-state index in [9.17, 15) is 10.1 Å². The average Bonchev–Trinajstić information content (AvgIpc) is 3.33. The van der Waals surface area contributed by atoms with Gasteiger partial charge in [-0.05, 0) is 43.9 Å². The molecule has 2 atom stereocenters. The van der Waals surface area contributed by atoms with Crippen LogP contribution in [0.1, 0.15) is 37.2 Å². The van der Waals surface area contributed by atoms with E-state index < -0.39 is 5.54 Å². The highest BCUT2D eigenvalue weighted by Gasteiger charge is 2.52. The van der Waals surface area contributed by atoms with Crippen LogP contribution in [0, 0.1) is 17.2 Å². The van der Waals surface area contributed by atoms with Crippen molar-refractivity contribution in [2.45, 2.75) is 37.1 Å². The van der Waals surface area contributed by atoms with Crippen LogP contribution in [0.2, 0.25) is 0 Å². The number of amides is 1. The molecule has 0 N–H and O–H groups in total. The van der Waals surface area contributed by atoms with Crippen molar-refractivity contribution in [3.63, 3.8) is 0 Å². The van der Waals surface area contributed by atoms with Gasteiger partial charge in [-0.2, -0.15) is 5.26 Å². The fraction of sp³-hybridized carbons (Fsp3) is 0.556. The van der Waals surface area contributed by atoms with Gasteiger partial charge in [-0.3, -0.25) is 4.79 Å². The average molecular weight is 314 g/mol. The van der Waals surface area contributed by atoms with E-state index in [4.69, 9.17) is 9.47 Å². The molecule has 5 heteroatoms. The van der Waals surface area contributed by atoms with Crippen molar-refractivity contribution in [3.05, 3.63) is 23.8 Å². The number of nitrogens with zero attached hydrogens (tertiary/aromatic N) is 2. The number of hydrogen-bond acceptors (Lipinski definition) is 4. The number of ether oxygens (including phenoxy) is 2. The second-order valence-electron chi connectivity index (χ2n) is 6.45. The Balaban J connectivity index is 1.77. The molecule has 0 aliphatic heterocycles. The zero-order chi connectivity index (χ0) is 16.6. The van der Waals surface area contributed by atoms with Crippen molar-refractivity contribution < 1.29 is 14.3 Å². The van der Waals surface area contributed by atoms with E-state index in [2.05, 4.69) is 6.07 Å². The molecule has 5 nitrogen and oxygen atoms in total. The molecule has 23 heavy (non-hydrogen) atoms. The number of nitriles is 1. The molecule has 0 radical (unpaired) electrons. The number of rotatable bonds is 5. The first-order chi connectivity index (χ1) is 11.1. The number of hydrogen-bond donors (Lipinski definition) is 0. The van der Waals surface area contributed by atoms with Gasteiger partial charge in [0, 0.05) is 24.4 Å². The Labute approximate surface area is 136 Å². The smallest absolute Gasteiger partial charge is 0.227 e. The lowest BCUT2D eigenvalue weighted by Gasteiger charge is -2.43. The lowest BCUT2D eigenvalue weighted by atomic mass is 9.76. The molecule has 2 aliphatic carbocycles. The predicted molar refractivity (Wildman–Crippen MR) is 85.4 cm³/mol. The second-order valence-corrected chi connectivity index (χ2v) is 6.45. The van der Waals surface area contributed by atoms with Crippen LogP contribution >= 0.6 is 0 Å². The third-order valence-electron chi connectivity index (χ3n) is 5.31. The van der Waals surface area contributed by atoms with Gasteiger partial charge in [-0.1, -0.05) is 0 Å². The second kappa shape index (κ2) is 5.77. The van der Waals surface area contributed by atoms with Crippen molar-refractivity contribution in [2.24, 2.45) is 5.92 Å². The van der Waals surface area contributed by atoms with Crippen LogP contribution in [0.25, 0.3) is 0 Å². The van der Waals surface area contributed by atoms with Gasteiger partial charge in [-0.25, -0.2) is 0 Å². The molecule has 0 saturated heterocycles. The van der Waals surface area contributed by atoms with E-state index in [0.29, 0.717) is 0 Å². The normalized spacial score (nSPS) is 24.1. The quantitative estimate of drug-likeness (QED) is 0.838. The summed E-state index contributed by atoms with van der Waals surface area (Å²) in [5.74, 6) is 1.70. The summed E-state index contributed by atoms with van der Waals surface area (Å²) in [5, 5.41) is 9.41. The molecule has 1 amide bonds. The number of carbonyl (C=O) groups is 1. The molecule has 0 bridgehead atoms. The maximum Gasteiger partial charge on any atom is 0.227 e. The molecule has 1 aromatic rings. The van der Waals surface area contributed by atoms with E-state index in [1.165, 1.54) is 0 Å². The summed E-state index contributed by atoms with van der Waals surface area (Å²) in [6, 6.07) is 8.01. The fourth-order valence-corrected chi connectivity index (χ4v) is 3.43. The molecular formula is C18H22N2O3. The van der Waals surface area contributed by atoms with Gasteiger partial charge < -0.3 is 14.4 Å². The Morgan fingerprint density at radius 3 is 2.61 bits per heavy atom. The summed E-state index contributed by atoms with van der Waals surface area (Å²) < 4.78 is 10.7. The van der Waals surface area contributed by atoms with Crippen LogP contribution in [0.3, 0.4) is 0 Å². The van der Waals surface area contributed by atoms with Crippen LogP contribution in [0.5, 0.6) is 11.5 Å². The minimum Gasteiger partial charge on any atom is -0.497 e. The van der Waals surface area contributed by atoms with E-state index >= 15 is 0 Å². The maximum absolute atomic E-state index is 12.7. The number of methoxy groups -OCH3 is 2. The van der Waals surface area contributed by atoms with Crippen molar-refractivity contribution in [1.82, 2.24) is 4.90 Å². The van der Waals surface area contributed by atoms with Crippen molar-refractivity contribution >= 4 is 5.91 Å².